The summed E-state index contributed by atoms with van der Waals surface area (Å²) in [6.07, 6.45) is 4.04. The van der Waals surface area contributed by atoms with Gasteiger partial charge in [0.15, 0.2) is 5.76 Å². The number of benzene rings is 1. The van der Waals surface area contributed by atoms with Gasteiger partial charge in [-0.2, -0.15) is 0 Å². The van der Waals surface area contributed by atoms with Crippen molar-refractivity contribution >= 4 is 17.2 Å². The number of methoxy groups -OCH3 is 1. The highest BCUT2D eigenvalue weighted by Crippen LogP contribution is 2.30. The van der Waals surface area contributed by atoms with E-state index in [2.05, 4.69) is 10.1 Å². The SMILES string of the molecule is COc1cccc(-c2cc(CC(=O)N3CCC(c4nccs4)CC3)no2)c1. The van der Waals surface area contributed by atoms with E-state index in [1.165, 1.54) is 5.01 Å². The molecule has 1 amide bonds. The number of nitrogens with zero attached hydrogens (tertiary/aromatic N) is 3. The molecule has 0 N–H and O–H groups in total. The number of amides is 1. The van der Waals surface area contributed by atoms with E-state index in [-0.39, 0.29) is 12.3 Å². The monoisotopic (exact) mass is 383 g/mol. The van der Waals surface area contributed by atoms with Crippen LogP contribution in [0.1, 0.15) is 29.5 Å². The van der Waals surface area contributed by atoms with Crippen LogP contribution in [0.15, 0.2) is 46.4 Å². The zero-order valence-electron chi connectivity index (χ0n) is 15.1. The predicted molar refractivity (Wildman–Crippen MR) is 103 cm³/mol. The van der Waals surface area contributed by atoms with Crippen molar-refractivity contribution in [2.24, 2.45) is 0 Å². The molecule has 0 unspecified atom stereocenters. The van der Waals surface area contributed by atoms with E-state index < -0.39 is 0 Å². The fourth-order valence-electron chi connectivity index (χ4n) is 3.39. The first-order chi connectivity index (χ1) is 13.2. The molecule has 0 atom stereocenters. The number of hydrogen-bond donors (Lipinski definition) is 0. The van der Waals surface area contributed by atoms with E-state index >= 15 is 0 Å². The third kappa shape index (κ3) is 4.03. The molecule has 4 rings (SSSR count). The first-order valence-corrected chi connectivity index (χ1v) is 9.88. The van der Waals surface area contributed by atoms with Gasteiger partial charge in [-0.3, -0.25) is 4.79 Å². The zero-order chi connectivity index (χ0) is 18.6. The van der Waals surface area contributed by atoms with Gasteiger partial charge in [0, 0.05) is 42.2 Å². The van der Waals surface area contributed by atoms with Gasteiger partial charge < -0.3 is 14.2 Å². The lowest BCUT2D eigenvalue weighted by molar-refractivity contribution is -0.131. The summed E-state index contributed by atoms with van der Waals surface area (Å²) in [5.74, 6) is 1.96. The summed E-state index contributed by atoms with van der Waals surface area (Å²) >= 11 is 1.70. The molecule has 0 radical (unpaired) electrons. The van der Waals surface area contributed by atoms with Gasteiger partial charge in [-0.1, -0.05) is 17.3 Å². The predicted octanol–water partition coefficient (Wildman–Crippen LogP) is 3.76. The molecule has 7 heteroatoms. The summed E-state index contributed by atoms with van der Waals surface area (Å²) in [4.78, 5) is 18.9. The lowest BCUT2D eigenvalue weighted by Gasteiger charge is -2.31. The molecule has 1 saturated heterocycles. The van der Waals surface area contributed by atoms with E-state index in [4.69, 9.17) is 9.26 Å². The number of carbonyl (C=O) groups is 1. The molecule has 0 spiro atoms. The highest BCUT2D eigenvalue weighted by atomic mass is 32.1. The maximum Gasteiger partial charge on any atom is 0.228 e. The third-order valence-electron chi connectivity index (χ3n) is 4.89. The van der Waals surface area contributed by atoms with Crippen molar-refractivity contribution in [3.63, 3.8) is 0 Å². The molecule has 0 saturated carbocycles. The molecule has 27 heavy (non-hydrogen) atoms. The summed E-state index contributed by atoms with van der Waals surface area (Å²) in [7, 11) is 1.63. The van der Waals surface area contributed by atoms with E-state index in [0.717, 1.165) is 37.2 Å². The molecular formula is C20H21N3O3S. The van der Waals surface area contributed by atoms with Crippen LogP contribution >= 0.6 is 11.3 Å². The maximum atomic E-state index is 12.6. The zero-order valence-corrected chi connectivity index (χ0v) is 15.9. The van der Waals surface area contributed by atoms with Gasteiger partial charge in [-0.05, 0) is 25.0 Å². The Morgan fingerprint density at radius 1 is 1.33 bits per heavy atom. The van der Waals surface area contributed by atoms with Gasteiger partial charge in [0.05, 0.1) is 24.2 Å². The fraction of sp³-hybridized carbons (Fsp3) is 0.350. The molecule has 2 aromatic heterocycles. The number of aromatic nitrogens is 2. The van der Waals surface area contributed by atoms with Crippen LogP contribution in [0, 0.1) is 0 Å². The quantitative estimate of drug-likeness (QED) is 0.671. The number of likely N-dealkylation sites (tertiary alicyclic amines) is 1. The third-order valence-corrected chi connectivity index (χ3v) is 5.83. The molecule has 1 fully saturated rings. The van der Waals surface area contributed by atoms with Crippen molar-refractivity contribution in [2.75, 3.05) is 20.2 Å². The van der Waals surface area contributed by atoms with E-state index in [9.17, 15) is 4.79 Å². The Bertz CT molecular complexity index is 899. The second-order valence-corrected chi connectivity index (χ2v) is 7.54. The van der Waals surface area contributed by atoms with Crippen LogP contribution in [-0.4, -0.2) is 41.1 Å². The molecule has 0 aliphatic carbocycles. The minimum Gasteiger partial charge on any atom is -0.497 e. The lowest BCUT2D eigenvalue weighted by Crippen LogP contribution is -2.38. The number of piperidine rings is 1. The molecule has 1 aromatic carbocycles. The minimum atomic E-state index is 0.0954. The molecule has 3 aromatic rings. The Hall–Kier alpha value is -2.67. The lowest BCUT2D eigenvalue weighted by atomic mass is 9.97. The Kier molecular flexibility index (Phi) is 5.20. The first-order valence-electron chi connectivity index (χ1n) is 9.00. The summed E-state index contributed by atoms with van der Waals surface area (Å²) in [6.45, 7) is 1.54. The number of carbonyl (C=O) groups excluding carboxylic acids is 1. The summed E-state index contributed by atoms with van der Waals surface area (Å²) in [6, 6.07) is 9.41. The van der Waals surface area contributed by atoms with Crippen molar-refractivity contribution < 1.29 is 14.1 Å². The Labute approximate surface area is 161 Å². The molecule has 140 valence electrons. The van der Waals surface area contributed by atoms with Gasteiger partial charge in [0.1, 0.15) is 5.75 Å². The normalized spacial score (nSPS) is 15.1. The molecular weight excluding hydrogens is 362 g/mol. The van der Waals surface area contributed by atoms with Gasteiger partial charge in [0.25, 0.3) is 0 Å². The number of ether oxygens (including phenoxy) is 1. The first kappa shape index (κ1) is 17.7. The van der Waals surface area contributed by atoms with Crippen LogP contribution in [0.5, 0.6) is 5.75 Å². The highest BCUT2D eigenvalue weighted by molar-refractivity contribution is 7.09. The Morgan fingerprint density at radius 3 is 2.93 bits per heavy atom. The number of thiazole rings is 1. The molecule has 6 nitrogen and oxygen atoms in total. The van der Waals surface area contributed by atoms with Crippen molar-refractivity contribution in [2.45, 2.75) is 25.2 Å². The Balaban J connectivity index is 1.36. The average molecular weight is 383 g/mol. The van der Waals surface area contributed by atoms with Crippen molar-refractivity contribution in [1.29, 1.82) is 0 Å². The van der Waals surface area contributed by atoms with Crippen LogP contribution < -0.4 is 4.74 Å². The standard InChI is InChI=1S/C20H21N3O3S/c1-25-17-4-2-3-15(11-17)18-12-16(22-26-18)13-19(24)23-8-5-14(6-9-23)20-21-7-10-27-20/h2-4,7,10-12,14H,5-6,8-9,13H2,1H3. The molecule has 3 heterocycles. The van der Waals surface area contributed by atoms with Crippen LogP contribution in [0.25, 0.3) is 11.3 Å². The molecule has 1 aliphatic heterocycles. The number of rotatable bonds is 5. The van der Waals surface area contributed by atoms with Gasteiger partial charge >= 0.3 is 0 Å². The van der Waals surface area contributed by atoms with Crippen molar-refractivity contribution in [3.05, 3.63) is 52.6 Å². The van der Waals surface area contributed by atoms with E-state index in [0.29, 0.717) is 17.4 Å². The van der Waals surface area contributed by atoms with Crippen LogP contribution in [0.4, 0.5) is 0 Å². The largest absolute Gasteiger partial charge is 0.497 e. The van der Waals surface area contributed by atoms with Crippen LogP contribution in [-0.2, 0) is 11.2 Å². The van der Waals surface area contributed by atoms with E-state index in [1.54, 1.807) is 18.4 Å². The van der Waals surface area contributed by atoms with Crippen molar-refractivity contribution in [1.82, 2.24) is 15.0 Å². The second kappa shape index (κ2) is 7.92. The smallest absolute Gasteiger partial charge is 0.228 e. The number of hydrogen-bond acceptors (Lipinski definition) is 6. The summed E-state index contributed by atoms with van der Waals surface area (Å²) < 4.78 is 10.7. The minimum absolute atomic E-state index is 0.0954. The van der Waals surface area contributed by atoms with Crippen LogP contribution in [0.3, 0.4) is 0 Å². The van der Waals surface area contributed by atoms with Crippen LogP contribution in [0.2, 0.25) is 0 Å². The molecule has 1 aliphatic rings. The molecule has 0 bridgehead atoms. The maximum absolute atomic E-state index is 12.6. The van der Waals surface area contributed by atoms with Crippen molar-refractivity contribution in [3.8, 4) is 17.1 Å². The Morgan fingerprint density at radius 2 is 2.19 bits per heavy atom. The highest BCUT2D eigenvalue weighted by Gasteiger charge is 2.25. The summed E-state index contributed by atoms with van der Waals surface area (Å²) in [5.41, 5.74) is 1.53. The topological polar surface area (TPSA) is 68.5 Å². The second-order valence-electron chi connectivity index (χ2n) is 6.62. The summed E-state index contributed by atoms with van der Waals surface area (Å²) in [5, 5.41) is 7.26. The fourth-order valence-corrected chi connectivity index (χ4v) is 4.20. The van der Waals surface area contributed by atoms with Gasteiger partial charge in [-0.15, -0.1) is 11.3 Å². The van der Waals surface area contributed by atoms with Gasteiger partial charge in [-0.25, -0.2) is 4.98 Å². The average Bonchev–Trinajstić information content (AvgIpc) is 3.40. The van der Waals surface area contributed by atoms with E-state index in [1.807, 2.05) is 46.8 Å². The van der Waals surface area contributed by atoms with Gasteiger partial charge in [0.2, 0.25) is 5.91 Å².